The van der Waals surface area contributed by atoms with Gasteiger partial charge in [0.15, 0.2) is 0 Å². The quantitative estimate of drug-likeness (QED) is 0.728. The Bertz CT molecular complexity index is 700. The average molecular weight is 418 g/mol. The Labute approximate surface area is 136 Å². The Kier molecular flexibility index (Phi) is 4.46. The molecule has 2 rings (SSSR count). The first-order valence-corrected chi connectivity index (χ1v) is 8.06. The lowest BCUT2D eigenvalue weighted by Gasteiger charge is -2.10. The molecule has 3 nitrogen and oxygen atoms in total. The van der Waals surface area contributed by atoms with Crippen LogP contribution < -0.4 is 0 Å². The molecule has 0 spiro atoms. The molecule has 0 unspecified atom stereocenters. The van der Waals surface area contributed by atoms with Crippen LogP contribution in [0.15, 0.2) is 26.5 Å². The first-order valence-electron chi connectivity index (χ1n) is 5.66. The summed E-state index contributed by atoms with van der Waals surface area (Å²) < 4.78 is 1.59. The lowest BCUT2D eigenvalue weighted by atomic mass is 9.93. The highest BCUT2D eigenvalue weighted by atomic mass is 79.9. The van der Waals surface area contributed by atoms with Crippen LogP contribution in [-0.4, -0.2) is 16.9 Å². The SMILES string of the molecule is Cc1ccc(C)c(C(=O)c2cc(Br)c(Br)s2)c1C(=O)O. The maximum Gasteiger partial charge on any atom is 0.336 e. The fraction of sp³-hybridized carbons (Fsp3) is 0.143. The minimum atomic E-state index is -1.08. The molecular formula is C14H10Br2O3S. The van der Waals surface area contributed by atoms with E-state index in [1.54, 1.807) is 32.0 Å². The molecule has 0 aliphatic carbocycles. The fourth-order valence-electron chi connectivity index (χ4n) is 1.96. The molecule has 1 aromatic heterocycles. The van der Waals surface area contributed by atoms with Crippen molar-refractivity contribution in [3.8, 4) is 0 Å². The van der Waals surface area contributed by atoms with Gasteiger partial charge in [-0.1, -0.05) is 12.1 Å². The zero-order valence-electron chi connectivity index (χ0n) is 10.7. The van der Waals surface area contributed by atoms with Gasteiger partial charge in [-0.2, -0.15) is 0 Å². The molecule has 0 fully saturated rings. The van der Waals surface area contributed by atoms with Crippen LogP contribution in [-0.2, 0) is 0 Å². The van der Waals surface area contributed by atoms with Gasteiger partial charge in [-0.25, -0.2) is 4.79 Å². The van der Waals surface area contributed by atoms with Crippen molar-refractivity contribution in [1.82, 2.24) is 0 Å². The largest absolute Gasteiger partial charge is 0.478 e. The van der Waals surface area contributed by atoms with Crippen molar-refractivity contribution in [2.24, 2.45) is 0 Å². The summed E-state index contributed by atoms with van der Waals surface area (Å²) in [7, 11) is 0. The molecule has 1 aromatic carbocycles. The predicted molar refractivity (Wildman–Crippen MR) is 86.0 cm³/mol. The number of carbonyl (C=O) groups excluding carboxylic acids is 1. The number of carboxylic acid groups (broad SMARTS) is 1. The van der Waals surface area contributed by atoms with Crippen LogP contribution in [0.5, 0.6) is 0 Å². The summed E-state index contributed by atoms with van der Waals surface area (Å²) in [5.41, 5.74) is 1.59. The normalized spacial score (nSPS) is 10.6. The van der Waals surface area contributed by atoms with Crippen LogP contribution in [0.2, 0.25) is 0 Å². The number of carboxylic acids is 1. The fourth-order valence-corrected chi connectivity index (χ4v) is 3.94. The first kappa shape index (κ1) is 15.4. The molecule has 20 heavy (non-hydrogen) atoms. The van der Waals surface area contributed by atoms with Crippen LogP contribution in [0, 0.1) is 13.8 Å². The second-order valence-electron chi connectivity index (χ2n) is 4.32. The molecular weight excluding hydrogens is 408 g/mol. The highest BCUT2D eigenvalue weighted by molar-refractivity contribution is 9.13. The summed E-state index contributed by atoms with van der Waals surface area (Å²) in [6, 6.07) is 5.19. The number of aryl methyl sites for hydroxylation is 2. The van der Waals surface area contributed by atoms with E-state index in [1.165, 1.54) is 11.3 Å². The number of carbonyl (C=O) groups is 2. The van der Waals surface area contributed by atoms with E-state index in [9.17, 15) is 14.7 Å². The Morgan fingerprint density at radius 3 is 2.10 bits per heavy atom. The molecule has 1 heterocycles. The molecule has 104 valence electrons. The van der Waals surface area contributed by atoms with Crippen LogP contribution in [0.25, 0.3) is 0 Å². The predicted octanol–water partition coefficient (Wildman–Crippen LogP) is 4.82. The molecule has 0 atom stereocenters. The average Bonchev–Trinajstić information content (AvgIpc) is 2.71. The van der Waals surface area contributed by atoms with E-state index in [0.717, 1.165) is 8.26 Å². The van der Waals surface area contributed by atoms with Crippen molar-refractivity contribution < 1.29 is 14.7 Å². The number of rotatable bonds is 3. The zero-order chi connectivity index (χ0) is 15.0. The van der Waals surface area contributed by atoms with Gasteiger partial charge < -0.3 is 5.11 Å². The molecule has 2 aromatic rings. The summed E-state index contributed by atoms with van der Waals surface area (Å²) in [6.45, 7) is 3.44. The summed E-state index contributed by atoms with van der Waals surface area (Å²) in [4.78, 5) is 24.6. The van der Waals surface area contributed by atoms with Gasteiger partial charge in [-0.3, -0.25) is 4.79 Å². The van der Waals surface area contributed by atoms with Gasteiger partial charge in [0.05, 0.1) is 14.2 Å². The maximum absolute atomic E-state index is 12.6. The lowest BCUT2D eigenvalue weighted by molar-refractivity contribution is 0.0692. The first-order chi connectivity index (χ1) is 9.32. The topological polar surface area (TPSA) is 54.4 Å². The summed E-state index contributed by atoms with van der Waals surface area (Å²) in [5.74, 6) is -1.34. The number of thiophene rings is 1. The molecule has 0 amide bonds. The van der Waals surface area contributed by atoms with Gasteiger partial charge in [-0.05, 0) is 62.9 Å². The van der Waals surface area contributed by atoms with Crippen molar-refractivity contribution in [2.75, 3.05) is 0 Å². The molecule has 0 saturated heterocycles. The molecule has 0 saturated carbocycles. The van der Waals surface area contributed by atoms with E-state index in [1.807, 2.05) is 0 Å². The second kappa shape index (κ2) is 5.79. The van der Waals surface area contributed by atoms with E-state index >= 15 is 0 Å². The Morgan fingerprint density at radius 1 is 1.10 bits per heavy atom. The Hall–Kier alpha value is -0.980. The Balaban J connectivity index is 2.65. The van der Waals surface area contributed by atoms with Crippen molar-refractivity contribution in [1.29, 1.82) is 0 Å². The molecule has 6 heteroatoms. The molecule has 0 radical (unpaired) electrons. The summed E-state index contributed by atoms with van der Waals surface area (Å²) >= 11 is 7.95. The molecule has 0 aliphatic rings. The van der Waals surface area contributed by atoms with Crippen LogP contribution in [0.3, 0.4) is 0 Å². The van der Waals surface area contributed by atoms with Crippen molar-refractivity contribution in [3.63, 3.8) is 0 Å². The summed E-state index contributed by atoms with van der Waals surface area (Å²) in [5, 5.41) is 9.36. The van der Waals surface area contributed by atoms with Crippen LogP contribution >= 0.6 is 43.2 Å². The van der Waals surface area contributed by atoms with Crippen molar-refractivity contribution >= 4 is 54.9 Å². The molecule has 1 N–H and O–H groups in total. The Morgan fingerprint density at radius 2 is 1.65 bits per heavy atom. The lowest BCUT2D eigenvalue weighted by Crippen LogP contribution is -2.12. The van der Waals surface area contributed by atoms with E-state index < -0.39 is 5.97 Å². The third kappa shape index (κ3) is 2.73. The van der Waals surface area contributed by atoms with E-state index in [-0.39, 0.29) is 16.9 Å². The summed E-state index contributed by atoms with van der Waals surface area (Å²) in [6.07, 6.45) is 0. The standard InChI is InChI=1S/C14H10Br2O3S/c1-6-3-4-7(2)11(14(18)19)10(6)12(17)9-5-8(15)13(16)20-9/h3-5H,1-2H3,(H,18,19). The third-order valence-electron chi connectivity index (χ3n) is 2.93. The zero-order valence-corrected chi connectivity index (χ0v) is 14.6. The van der Waals surface area contributed by atoms with Gasteiger partial charge in [0, 0.05) is 10.0 Å². The number of hydrogen-bond donors (Lipinski definition) is 1. The van der Waals surface area contributed by atoms with Crippen LogP contribution in [0.4, 0.5) is 0 Å². The third-order valence-corrected chi connectivity index (χ3v) is 6.19. The number of ketones is 1. The van der Waals surface area contributed by atoms with Gasteiger partial charge in [0.1, 0.15) is 0 Å². The minimum absolute atomic E-state index is 0.0793. The van der Waals surface area contributed by atoms with Crippen molar-refractivity contribution in [3.05, 3.63) is 53.6 Å². The van der Waals surface area contributed by atoms with Crippen LogP contribution in [0.1, 0.15) is 36.7 Å². The maximum atomic E-state index is 12.6. The monoisotopic (exact) mass is 416 g/mol. The smallest absolute Gasteiger partial charge is 0.336 e. The van der Waals surface area contributed by atoms with E-state index in [4.69, 9.17) is 0 Å². The minimum Gasteiger partial charge on any atom is -0.478 e. The van der Waals surface area contributed by atoms with Gasteiger partial charge in [0.2, 0.25) is 5.78 Å². The highest BCUT2D eigenvalue weighted by Gasteiger charge is 2.24. The number of aromatic carboxylic acids is 1. The number of benzene rings is 1. The molecule has 0 bridgehead atoms. The van der Waals surface area contributed by atoms with E-state index in [0.29, 0.717) is 16.0 Å². The van der Waals surface area contributed by atoms with Gasteiger partial charge in [0.25, 0.3) is 0 Å². The van der Waals surface area contributed by atoms with Gasteiger partial charge >= 0.3 is 5.97 Å². The number of hydrogen-bond acceptors (Lipinski definition) is 3. The highest BCUT2D eigenvalue weighted by Crippen LogP contribution is 2.34. The second-order valence-corrected chi connectivity index (χ2v) is 7.54. The number of halogens is 2. The van der Waals surface area contributed by atoms with Gasteiger partial charge in [-0.15, -0.1) is 11.3 Å². The van der Waals surface area contributed by atoms with E-state index in [2.05, 4.69) is 31.9 Å². The van der Waals surface area contributed by atoms with Crippen molar-refractivity contribution in [2.45, 2.75) is 13.8 Å². The molecule has 0 aliphatic heterocycles.